The zero-order valence-electron chi connectivity index (χ0n) is 12.3. The van der Waals surface area contributed by atoms with Crippen molar-refractivity contribution >= 4 is 53.3 Å². The third kappa shape index (κ3) is 8.66. The summed E-state index contributed by atoms with van der Waals surface area (Å²) in [6.45, 7) is 1.71. The Hall–Kier alpha value is 0.530. The molecule has 0 unspecified atom stereocenters. The van der Waals surface area contributed by atoms with Crippen LogP contribution in [0, 0.1) is 0 Å². The van der Waals surface area contributed by atoms with Crippen LogP contribution in [-0.4, -0.2) is 50.4 Å². The number of hydrogen-bond acceptors (Lipinski definition) is 4. The van der Waals surface area contributed by atoms with Crippen LogP contribution in [0.25, 0.3) is 0 Å². The Morgan fingerprint density at radius 3 is 2.33 bits per heavy atom. The number of nitrogens with zero attached hydrogens (tertiary/aromatic N) is 1. The second kappa shape index (κ2) is 8.40. The van der Waals surface area contributed by atoms with E-state index in [9.17, 15) is 13.0 Å². The Kier molecular flexibility index (Phi) is 7.83. The molecule has 1 aromatic heterocycles. The first-order chi connectivity index (χ1) is 9.59. The van der Waals surface area contributed by atoms with E-state index in [1.807, 2.05) is 0 Å². The molecule has 8 heteroatoms. The summed E-state index contributed by atoms with van der Waals surface area (Å²) in [6, 6.07) is 2.15. The zero-order valence-corrected chi connectivity index (χ0v) is 17.1. The molecule has 0 atom stereocenters. The van der Waals surface area contributed by atoms with Crippen molar-refractivity contribution in [3.05, 3.63) is 19.2 Å². The molecule has 122 valence electrons. The van der Waals surface area contributed by atoms with Gasteiger partial charge < -0.3 is 9.04 Å². The smallest absolute Gasteiger partial charge is 0.0948 e. The Morgan fingerprint density at radius 2 is 1.81 bits per heavy atom. The van der Waals surface area contributed by atoms with E-state index in [4.69, 9.17) is 0 Å². The molecule has 0 aliphatic rings. The van der Waals surface area contributed by atoms with Gasteiger partial charge in [-0.25, -0.2) is 8.42 Å². The normalized spacial score (nSPS) is 12.8. The van der Waals surface area contributed by atoms with E-state index in [2.05, 4.69) is 52.0 Å². The molecular formula is C13H21Br2NO3S2. The van der Waals surface area contributed by atoms with Crippen molar-refractivity contribution in [2.45, 2.75) is 25.7 Å². The van der Waals surface area contributed by atoms with Crippen LogP contribution < -0.4 is 0 Å². The molecule has 0 aromatic carbocycles. The highest BCUT2D eigenvalue weighted by Gasteiger charge is 2.15. The number of quaternary nitrogens is 1. The molecule has 0 fully saturated rings. The highest BCUT2D eigenvalue weighted by molar-refractivity contribution is 9.12. The van der Waals surface area contributed by atoms with Crippen molar-refractivity contribution in [2.24, 2.45) is 0 Å². The van der Waals surface area contributed by atoms with Gasteiger partial charge in [0.15, 0.2) is 0 Å². The van der Waals surface area contributed by atoms with Crippen molar-refractivity contribution in [3.63, 3.8) is 0 Å². The SMILES string of the molecule is C[N+](C)(CCCCc1cc(Br)sc1Br)CCCS(=O)(=O)[O-]. The minimum Gasteiger partial charge on any atom is -0.748 e. The van der Waals surface area contributed by atoms with Gasteiger partial charge in [0.1, 0.15) is 0 Å². The first-order valence-electron chi connectivity index (χ1n) is 6.78. The summed E-state index contributed by atoms with van der Waals surface area (Å²) in [5, 5.41) is 0. The summed E-state index contributed by atoms with van der Waals surface area (Å²) >= 11 is 8.73. The Morgan fingerprint density at radius 1 is 1.19 bits per heavy atom. The van der Waals surface area contributed by atoms with E-state index < -0.39 is 10.1 Å². The van der Waals surface area contributed by atoms with Crippen molar-refractivity contribution in [1.29, 1.82) is 0 Å². The van der Waals surface area contributed by atoms with E-state index in [-0.39, 0.29) is 5.75 Å². The predicted molar refractivity (Wildman–Crippen MR) is 93.7 cm³/mol. The van der Waals surface area contributed by atoms with E-state index in [1.165, 1.54) is 9.35 Å². The molecule has 0 radical (unpaired) electrons. The summed E-state index contributed by atoms with van der Waals surface area (Å²) < 4.78 is 34.9. The van der Waals surface area contributed by atoms with Gasteiger partial charge in [-0.1, -0.05) is 0 Å². The van der Waals surface area contributed by atoms with E-state index in [0.717, 1.165) is 40.6 Å². The standard InChI is InChI=1S/C13H21Br2NO3S2/c1-16(2,8-5-9-21(17,18)19)7-4-3-6-11-10-12(14)20-13(11)15/h10H,3-9H2,1-2H3. The molecule has 0 N–H and O–H groups in total. The van der Waals surface area contributed by atoms with Crippen LogP contribution >= 0.6 is 43.2 Å². The maximum atomic E-state index is 10.6. The van der Waals surface area contributed by atoms with Gasteiger partial charge in [0.05, 0.1) is 44.9 Å². The molecular weight excluding hydrogens is 442 g/mol. The summed E-state index contributed by atoms with van der Waals surface area (Å²) in [5.74, 6) is -0.259. The lowest BCUT2D eigenvalue weighted by atomic mass is 10.1. The van der Waals surface area contributed by atoms with Crippen LogP contribution in [0.1, 0.15) is 24.8 Å². The number of halogens is 2. The van der Waals surface area contributed by atoms with E-state index >= 15 is 0 Å². The lowest BCUT2D eigenvalue weighted by Crippen LogP contribution is -2.41. The lowest BCUT2D eigenvalue weighted by molar-refractivity contribution is -0.890. The molecule has 0 aliphatic carbocycles. The van der Waals surface area contributed by atoms with Gasteiger partial charge in [-0.15, -0.1) is 11.3 Å². The molecule has 0 spiro atoms. The summed E-state index contributed by atoms with van der Waals surface area (Å²) in [7, 11) is 0.0771. The molecule has 0 amide bonds. The quantitative estimate of drug-likeness (QED) is 0.320. The van der Waals surface area contributed by atoms with Gasteiger partial charge in [-0.2, -0.15) is 0 Å². The minimum atomic E-state index is -4.08. The molecule has 21 heavy (non-hydrogen) atoms. The molecule has 1 heterocycles. The average molecular weight is 463 g/mol. The van der Waals surface area contributed by atoms with Gasteiger partial charge in [-0.05, 0) is 62.8 Å². The summed E-state index contributed by atoms with van der Waals surface area (Å²) in [4.78, 5) is 0. The third-order valence-electron chi connectivity index (χ3n) is 3.34. The Labute approximate surface area is 148 Å². The fourth-order valence-electron chi connectivity index (χ4n) is 2.18. The van der Waals surface area contributed by atoms with Crippen molar-refractivity contribution in [1.82, 2.24) is 0 Å². The number of thiophene rings is 1. The second-order valence-electron chi connectivity index (χ2n) is 5.80. The second-order valence-corrected chi connectivity index (χ2v) is 11.1. The summed E-state index contributed by atoms with van der Waals surface area (Å²) in [6.07, 6.45) is 3.65. The van der Waals surface area contributed by atoms with Crippen molar-refractivity contribution in [2.75, 3.05) is 32.9 Å². The maximum Gasteiger partial charge on any atom is 0.0948 e. The predicted octanol–water partition coefficient (Wildman–Crippen LogP) is 3.61. The Bertz CT molecular complexity index is 556. The topological polar surface area (TPSA) is 57.2 Å². The van der Waals surface area contributed by atoms with Crippen LogP contribution in [0.4, 0.5) is 0 Å². The van der Waals surface area contributed by atoms with Crippen LogP contribution in [0.2, 0.25) is 0 Å². The average Bonchev–Trinajstić information content (AvgIpc) is 2.61. The molecule has 0 saturated heterocycles. The summed E-state index contributed by atoms with van der Waals surface area (Å²) in [5.41, 5.74) is 1.33. The maximum absolute atomic E-state index is 10.6. The largest absolute Gasteiger partial charge is 0.748 e. The van der Waals surface area contributed by atoms with Gasteiger partial charge in [0, 0.05) is 12.2 Å². The fraction of sp³-hybridized carbons (Fsp3) is 0.692. The van der Waals surface area contributed by atoms with Gasteiger partial charge in [0.2, 0.25) is 0 Å². The molecule has 1 rings (SSSR count). The van der Waals surface area contributed by atoms with Crippen LogP contribution in [0.3, 0.4) is 0 Å². The fourth-order valence-corrected chi connectivity index (χ4v) is 5.58. The lowest BCUT2D eigenvalue weighted by Gasteiger charge is -2.30. The monoisotopic (exact) mass is 461 g/mol. The molecule has 0 saturated carbocycles. The zero-order chi connectivity index (χ0) is 16.1. The Balaban J connectivity index is 2.25. The van der Waals surface area contributed by atoms with Crippen LogP contribution in [0.5, 0.6) is 0 Å². The first kappa shape index (κ1) is 19.6. The minimum absolute atomic E-state index is 0.259. The van der Waals surface area contributed by atoms with Crippen molar-refractivity contribution in [3.8, 4) is 0 Å². The van der Waals surface area contributed by atoms with Gasteiger partial charge >= 0.3 is 0 Å². The number of hydrogen-bond donors (Lipinski definition) is 0. The molecule has 4 nitrogen and oxygen atoms in total. The van der Waals surface area contributed by atoms with Crippen molar-refractivity contribution < 1.29 is 17.5 Å². The van der Waals surface area contributed by atoms with Crippen LogP contribution in [0.15, 0.2) is 13.6 Å². The highest BCUT2D eigenvalue weighted by atomic mass is 79.9. The number of aryl methyl sites for hydroxylation is 1. The molecule has 1 aromatic rings. The highest BCUT2D eigenvalue weighted by Crippen LogP contribution is 2.32. The number of rotatable bonds is 9. The van der Waals surface area contributed by atoms with E-state index in [0.29, 0.717) is 6.42 Å². The third-order valence-corrected chi connectivity index (χ3v) is 6.60. The first-order valence-corrected chi connectivity index (χ1v) is 10.8. The van der Waals surface area contributed by atoms with E-state index in [1.54, 1.807) is 11.3 Å². The van der Waals surface area contributed by atoms with Gasteiger partial charge in [0.25, 0.3) is 0 Å². The van der Waals surface area contributed by atoms with Crippen LogP contribution in [-0.2, 0) is 16.5 Å². The number of unbranched alkanes of at least 4 members (excludes halogenated alkanes) is 1. The van der Waals surface area contributed by atoms with Gasteiger partial charge in [-0.3, -0.25) is 0 Å². The molecule has 0 bridgehead atoms. The molecule has 0 aliphatic heterocycles.